The topological polar surface area (TPSA) is 40.6 Å². The van der Waals surface area contributed by atoms with Crippen LogP contribution in [0, 0.1) is 0 Å². The zero-order chi connectivity index (χ0) is 10.6. The maximum Gasteiger partial charge on any atom is 0.211 e. The normalized spacial score (nSPS) is 21.3. The van der Waals surface area contributed by atoms with Crippen LogP contribution < -0.4 is 0 Å². The van der Waals surface area contributed by atoms with Crippen molar-refractivity contribution in [3.05, 3.63) is 0 Å². The molecule has 14 heavy (non-hydrogen) atoms. The molecule has 1 aliphatic rings. The Hall–Kier alpha value is 0.220. The molecule has 1 heterocycles. The Labute approximate surface area is 91.7 Å². The molecule has 0 aromatic rings. The Balaban J connectivity index is 2.31. The lowest BCUT2D eigenvalue weighted by atomic mass is 10.3. The first kappa shape index (κ1) is 12.3. The minimum atomic E-state index is -2.98. The van der Waals surface area contributed by atoms with Gasteiger partial charge in [-0.2, -0.15) is 16.9 Å². The minimum Gasteiger partial charge on any atom is -0.301 e. The molecule has 0 N–H and O–H groups in total. The first-order valence-electron chi connectivity index (χ1n) is 4.82. The van der Waals surface area contributed by atoms with E-state index < -0.39 is 10.0 Å². The highest BCUT2D eigenvalue weighted by molar-refractivity contribution is 7.88. The van der Waals surface area contributed by atoms with Gasteiger partial charge in [0.15, 0.2) is 0 Å². The molecular weight excluding hydrogens is 220 g/mol. The second-order valence-electron chi connectivity index (χ2n) is 3.58. The van der Waals surface area contributed by atoms with Crippen LogP contribution in [0.4, 0.5) is 0 Å². The lowest BCUT2D eigenvalue weighted by Crippen LogP contribution is -2.48. The molecule has 0 aromatic carbocycles. The molecule has 0 aromatic heterocycles. The van der Waals surface area contributed by atoms with E-state index in [1.807, 2.05) is 0 Å². The molecule has 0 radical (unpaired) electrons. The molecule has 84 valence electrons. The van der Waals surface area contributed by atoms with Gasteiger partial charge in [0.25, 0.3) is 0 Å². The van der Waals surface area contributed by atoms with Crippen LogP contribution in [0.5, 0.6) is 0 Å². The van der Waals surface area contributed by atoms with Gasteiger partial charge < -0.3 is 4.90 Å². The van der Waals surface area contributed by atoms with E-state index in [0.29, 0.717) is 13.1 Å². The number of hydrogen-bond donors (Lipinski definition) is 1. The average Bonchev–Trinajstić information content (AvgIpc) is 2.14. The quantitative estimate of drug-likeness (QED) is 0.695. The second-order valence-corrected chi connectivity index (χ2v) is 6.01. The zero-order valence-electron chi connectivity index (χ0n) is 8.52. The molecule has 1 fully saturated rings. The molecule has 0 atom stereocenters. The van der Waals surface area contributed by atoms with E-state index in [-0.39, 0.29) is 0 Å². The maximum atomic E-state index is 11.2. The largest absolute Gasteiger partial charge is 0.301 e. The Morgan fingerprint density at radius 2 is 1.79 bits per heavy atom. The standard InChI is InChI=1S/C8H18N2O2S2/c1-14(11,12)10-6-4-9(5-7-10)3-2-8-13/h13H,2-8H2,1H3. The first-order chi connectivity index (χ1) is 6.54. The van der Waals surface area contributed by atoms with Crippen molar-refractivity contribution in [2.45, 2.75) is 6.42 Å². The lowest BCUT2D eigenvalue weighted by molar-refractivity contribution is 0.190. The highest BCUT2D eigenvalue weighted by Gasteiger charge is 2.22. The Morgan fingerprint density at radius 3 is 2.21 bits per heavy atom. The molecule has 0 amide bonds. The zero-order valence-corrected chi connectivity index (χ0v) is 10.2. The van der Waals surface area contributed by atoms with Gasteiger partial charge in [-0.15, -0.1) is 0 Å². The minimum absolute atomic E-state index is 0.630. The number of rotatable bonds is 4. The van der Waals surface area contributed by atoms with Crippen molar-refractivity contribution in [3.63, 3.8) is 0 Å². The van der Waals surface area contributed by atoms with Gasteiger partial charge >= 0.3 is 0 Å². The predicted octanol–water partition coefficient (Wildman–Crippen LogP) is -0.117. The maximum absolute atomic E-state index is 11.2. The van der Waals surface area contributed by atoms with Crippen LogP contribution >= 0.6 is 12.6 Å². The molecule has 1 saturated heterocycles. The van der Waals surface area contributed by atoms with Crippen LogP contribution in [-0.4, -0.2) is 62.4 Å². The van der Waals surface area contributed by atoms with Crippen LogP contribution in [-0.2, 0) is 10.0 Å². The Morgan fingerprint density at radius 1 is 1.21 bits per heavy atom. The van der Waals surface area contributed by atoms with Crippen molar-refractivity contribution in [2.24, 2.45) is 0 Å². The van der Waals surface area contributed by atoms with Gasteiger partial charge in [0.05, 0.1) is 6.26 Å². The van der Waals surface area contributed by atoms with Crippen LogP contribution in [0.3, 0.4) is 0 Å². The highest BCUT2D eigenvalue weighted by atomic mass is 32.2. The molecule has 0 saturated carbocycles. The molecule has 0 aliphatic carbocycles. The number of thiol groups is 1. The van der Waals surface area contributed by atoms with Crippen LogP contribution in [0.2, 0.25) is 0 Å². The molecule has 1 aliphatic heterocycles. The molecule has 1 rings (SSSR count). The van der Waals surface area contributed by atoms with E-state index in [0.717, 1.165) is 31.8 Å². The summed E-state index contributed by atoms with van der Waals surface area (Å²) in [5, 5.41) is 0. The third-order valence-corrected chi connectivity index (χ3v) is 4.05. The fourth-order valence-electron chi connectivity index (χ4n) is 1.58. The van der Waals surface area contributed by atoms with Crippen molar-refractivity contribution in [1.82, 2.24) is 9.21 Å². The predicted molar refractivity (Wildman–Crippen MR) is 61.3 cm³/mol. The molecule has 6 heteroatoms. The van der Waals surface area contributed by atoms with E-state index in [9.17, 15) is 8.42 Å². The monoisotopic (exact) mass is 238 g/mol. The van der Waals surface area contributed by atoms with Gasteiger partial charge in [0.2, 0.25) is 10.0 Å². The van der Waals surface area contributed by atoms with Gasteiger partial charge in [-0.3, -0.25) is 0 Å². The third kappa shape index (κ3) is 3.76. The average molecular weight is 238 g/mol. The lowest BCUT2D eigenvalue weighted by Gasteiger charge is -2.33. The number of hydrogen-bond acceptors (Lipinski definition) is 4. The molecule has 4 nitrogen and oxygen atoms in total. The Bertz CT molecular complexity index is 259. The second kappa shape index (κ2) is 5.34. The van der Waals surface area contributed by atoms with Gasteiger partial charge in [-0.05, 0) is 18.7 Å². The fourth-order valence-corrected chi connectivity index (χ4v) is 2.55. The molecule has 0 bridgehead atoms. The summed E-state index contributed by atoms with van der Waals surface area (Å²) in [6, 6.07) is 0. The molecule has 0 spiro atoms. The van der Waals surface area contributed by atoms with E-state index in [2.05, 4.69) is 17.5 Å². The van der Waals surface area contributed by atoms with Crippen molar-refractivity contribution in [3.8, 4) is 0 Å². The molecular formula is C8H18N2O2S2. The van der Waals surface area contributed by atoms with Crippen molar-refractivity contribution in [2.75, 3.05) is 44.7 Å². The summed E-state index contributed by atoms with van der Waals surface area (Å²) in [5.74, 6) is 0.895. The van der Waals surface area contributed by atoms with E-state index in [1.54, 1.807) is 4.31 Å². The number of piperazine rings is 1. The van der Waals surface area contributed by atoms with E-state index in [4.69, 9.17) is 0 Å². The van der Waals surface area contributed by atoms with Crippen LogP contribution in [0.1, 0.15) is 6.42 Å². The summed E-state index contributed by atoms with van der Waals surface area (Å²) in [5.41, 5.74) is 0. The summed E-state index contributed by atoms with van der Waals surface area (Å²) >= 11 is 4.15. The smallest absolute Gasteiger partial charge is 0.211 e. The summed E-state index contributed by atoms with van der Waals surface area (Å²) in [6.45, 7) is 3.99. The van der Waals surface area contributed by atoms with Crippen molar-refractivity contribution in [1.29, 1.82) is 0 Å². The number of sulfonamides is 1. The van der Waals surface area contributed by atoms with Gasteiger partial charge in [0, 0.05) is 26.2 Å². The van der Waals surface area contributed by atoms with E-state index >= 15 is 0 Å². The van der Waals surface area contributed by atoms with E-state index in [1.165, 1.54) is 6.26 Å². The van der Waals surface area contributed by atoms with Crippen molar-refractivity contribution < 1.29 is 8.42 Å². The highest BCUT2D eigenvalue weighted by Crippen LogP contribution is 2.06. The van der Waals surface area contributed by atoms with Crippen LogP contribution in [0.25, 0.3) is 0 Å². The first-order valence-corrected chi connectivity index (χ1v) is 7.30. The summed E-state index contributed by atoms with van der Waals surface area (Å²) < 4.78 is 24.0. The number of nitrogens with zero attached hydrogens (tertiary/aromatic N) is 2. The van der Waals surface area contributed by atoms with Crippen molar-refractivity contribution >= 4 is 22.7 Å². The van der Waals surface area contributed by atoms with Gasteiger partial charge in [0.1, 0.15) is 0 Å². The summed E-state index contributed by atoms with van der Waals surface area (Å²) in [4.78, 5) is 2.29. The fraction of sp³-hybridized carbons (Fsp3) is 1.00. The Kier molecular flexibility index (Phi) is 4.69. The van der Waals surface area contributed by atoms with Gasteiger partial charge in [-0.1, -0.05) is 0 Å². The van der Waals surface area contributed by atoms with Crippen LogP contribution in [0.15, 0.2) is 0 Å². The molecule has 0 unspecified atom stereocenters. The van der Waals surface area contributed by atoms with Gasteiger partial charge in [-0.25, -0.2) is 8.42 Å². The summed E-state index contributed by atoms with van der Waals surface area (Å²) in [6.07, 6.45) is 2.35. The summed E-state index contributed by atoms with van der Waals surface area (Å²) in [7, 11) is -2.98. The third-order valence-electron chi connectivity index (χ3n) is 2.43. The SMILES string of the molecule is CS(=O)(=O)N1CCN(CCCS)CC1.